The summed E-state index contributed by atoms with van der Waals surface area (Å²) >= 11 is 0. The Balaban J connectivity index is 1.26. The Labute approximate surface area is 259 Å². The highest BCUT2D eigenvalue weighted by molar-refractivity contribution is 6.07. The van der Waals surface area contributed by atoms with Crippen LogP contribution in [0.1, 0.15) is 30.2 Å². The normalized spacial score (nSPS) is 16.9. The fourth-order valence-corrected chi connectivity index (χ4v) is 5.78. The Hall–Kier alpha value is -5.13. The Bertz CT molecular complexity index is 1950. The van der Waals surface area contributed by atoms with Crippen LogP contribution in [0.15, 0.2) is 96.1 Å². The summed E-state index contributed by atoms with van der Waals surface area (Å²) in [5.74, 6) is -0.473. The lowest BCUT2D eigenvalue weighted by Gasteiger charge is -2.28. The molecule has 0 fully saturated rings. The molecule has 0 saturated carbocycles. The number of aliphatic hydroxyl groups is 2. The van der Waals surface area contributed by atoms with E-state index in [1.165, 1.54) is 4.68 Å². The van der Waals surface area contributed by atoms with E-state index < -0.39 is 17.4 Å². The van der Waals surface area contributed by atoms with Gasteiger partial charge in [-0.25, -0.2) is 0 Å². The summed E-state index contributed by atoms with van der Waals surface area (Å²) in [6.07, 6.45) is 8.28. The summed E-state index contributed by atoms with van der Waals surface area (Å²) in [4.78, 5) is 28.9. The van der Waals surface area contributed by atoms with Gasteiger partial charge in [0.05, 0.1) is 42.3 Å². The molecule has 45 heavy (non-hydrogen) atoms. The van der Waals surface area contributed by atoms with Crippen molar-refractivity contribution in [2.24, 2.45) is 5.92 Å². The number of rotatable bonds is 11. The van der Waals surface area contributed by atoms with Gasteiger partial charge in [-0.05, 0) is 48.4 Å². The molecule has 3 heterocycles. The van der Waals surface area contributed by atoms with E-state index in [9.17, 15) is 14.7 Å². The first-order chi connectivity index (χ1) is 21.8. The van der Waals surface area contributed by atoms with Gasteiger partial charge in [-0.2, -0.15) is 9.78 Å². The Kier molecular flexibility index (Phi) is 8.29. The molecule has 1 amide bonds. The predicted molar refractivity (Wildman–Crippen MR) is 169 cm³/mol. The maximum atomic E-state index is 14.1. The topological polar surface area (TPSA) is 136 Å². The first kappa shape index (κ1) is 29.9. The second-order valence-corrected chi connectivity index (χ2v) is 11.1. The fraction of sp³-hybridized carbons (Fsp3) is 0.265. The van der Waals surface area contributed by atoms with Gasteiger partial charge in [-0.3, -0.25) is 14.3 Å². The van der Waals surface area contributed by atoms with Crippen molar-refractivity contribution in [3.05, 3.63) is 118 Å². The van der Waals surface area contributed by atoms with Crippen LogP contribution < -0.4 is 15.2 Å². The number of allylic oxidation sites excluding steroid dienone is 1. The summed E-state index contributed by atoms with van der Waals surface area (Å²) in [7, 11) is 1.54. The number of aliphatic hydroxyl groups excluding tert-OH is 1. The third-order valence-corrected chi connectivity index (χ3v) is 8.23. The smallest absolute Gasteiger partial charge is 0.279 e. The highest BCUT2D eigenvalue weighted by Crippen LogP contribution is 2.47. The number of nitrogens with zero attached hydrogens (tertiary/aromatic N) is 6. The number of carbonyl (C=O) groups is 1. The van der Waals surface area contributed by atoms with E-state index in [0.29, 0.717) is 47.5 Å². The molecule has 5 aromatic rings. The maximum Gasteiger partial charge on any atom is 0.279 e. The molecule has 0 saturated heterocycles. The average Bonchev–Trinajstić information content (AvgIpc) is 3.60. The number of amides is 1. The molecule has 0 unspecified atom stereocenters. The van der Waals surface area contributed by atoms with E-state index in [1.807, 2.05) is 55.5 Å². The number of aryl methyl sites for hydroxylation is 1. The zero-order chi connectivity index (χ0) is 31.6. The van der Waals surface area contributed by atoms with Crippen molar-refractivity contribution in [3.63, 3.8) is 0 Å². The minimum Gasteiger partial charge on any atom is -0.497 e. The van der Waals surface area contributed by atoms with Crippen molar-refractivity contribution in [2.75, 3.05) is 18.6 Å². The number of hydrogen-bond acceptors (Lipinski definition) is 8. The molecular weight excluding hydrogens is 572 g/mol. The second-order valence-electron chi connectivity index (χ2n) is 11.1. The summed E-state index contributed by atoms with van der Waals surface area (Å²) in [5.41, 5.74) is 1.07. The zero-order valence-corrected chi connectivity index (χ0v) is 25.1. The number of carbonyl (C=O) groups excluding carboxylic acids is 1. The lowest BCUT2D eigenvalue weighted by molar-refractivity contribution is -0.139. The van der Waals surface area contributed by atoms with Crippen molar-refractivity contribution in [1.29, 1.82) is 0 Å². The molecule has 230 valence electrons. The molecule has 2 N–H and O–H groups in total. The number of ether oxygens (including phenoxy) is 1. The van der Waals surface area contributed by atoms with Crippen LogP contribution in [0.2, 0.25) is 0 Å². The average molecular weight is 607 g/mol. The molecule has 1 aliphatic heterocycles. The van der Waals surface area contributed by atoms with Crippen LogP contribution in [0, 0.1) is 5.92 Å². The largest absolute Gasteiger partial charge is 0.497 e. The van der Waals surface area contributed by atoms with Crippen LogP contribution in [0.5, 0.6) is 5.75 Å². The van der Waals surface area contributed by atoms with Gasteiger partial charge in [0, 0.05) is 42.6 Å². The highest BCUT2D eigenvalue weighted by Gasteiger charge is 2.52. The molecule has 0 bridgehead atoms. The summed E-state index contributed by atoms with van der Waals surface area (Å²) in [5, 5.41) is 35.0. The zero-order valence-electron chi connectivity index (χ0n) is 25.1. The van der Waals surface area contributed by atoms with E-state index in [1.54, 1.807) is 59.4 Å². The second kappa shape index (κ2) is 12.5. The molecule has 2 atom stereocenters. The SMILES string of the molecule is COc1ccc2c(c1)[C@@](O)([C@H](C)/C=C/CCn1cc(CCO)nn1)C(=O)N2Cc1cccc(-n2ncc3ccccc3c2=O)c1. The number of fused-ring (bicyclic) bond motifs is 2. The van der Waals surface area contributed by atoms with Crippen LogP contribution in [-0.2, 0) is 29.9 Å². The number of hydrogen-bond donors (Lipinski definition) is 2. The quantitative estimate of drug-likeness (QED) is 0.218. The summed E-state index contributed by atoms with van der Waals surface area (Å²) < 4.78 is 8.50. The van der Waals surface area contributed by atoms with Gasteiger partial charge in [0.25, 0.3) is 11.5 Å². The van der Waals surface area contributed by atoms with Crippen LogP contribution in [0.4, 0.5) is 5.69 Å². The van der Waals surface area contributed by atoms with Gasteiger partial charge in [-0.15, -0.1) is 5.10 Å². The highest BCUT2D eigenvalue weighted by atomic mass is 16.5. The molecule has 6 rings (SSSR count). The minimum atomic E-state index is -1.82. The van der Waals surface area contributed by atoms with Gasteiger partial charge in [0.2, 0.25) is 0 Å². The van der Waals surface area contributed by atoms with E-state index in [2.05, 4.69) is 15.4 Å². The van der Waals surface area contributed by atoms with Gasteiger partial charge < -0.3 is 19.8 Å². The first-order valence-corrected chi connectivity index (χ1v) is 14.8. The van der Waals surface area contributed by atoms with Gasteiger partial charge >= 0.3 is 0 Å². The lowest BCUT2D eigenvalue weighted by Crippen LogP contribution is -2.44. The molecule has 0 spiro atoms. The molecule has 3 aromatic carbocycles. The summed E-state index contributed by atoms with van der Waals surface area (Å²) in [6, 6.07) is 19.9. The van der Waals surface area contributed by atoms with Crippen molar-refractivity contribution < 1.29 is 19.7 Å². The monoisotopic (exact) mass is 606 g/mol. The maximum absolute atomic E-state index is 14.1. The van der Waals surface area contributed by atoms with Crippen LogP contribution >= 0.6 is 0 Å². The van der Waals surface area contributed by atoms with Crippen LogP contribution in [0.3, 0.4) is 0 Å². The lowest BCUT2D eigenvalue weighted by atomic mass is 9.83. The minimum absolute atomic E-state index is 0.0130. The summed E-state index contributed by atoms with van der Waals surface area (Å²) in [6.45, 7) is 2.57. The number of benzene rings is 3. The Morgan fingerprint density at radius 1 is 1.07 bits per heavy atom. The van der Waals surface area contributed by atoms with Gasteiger partial charge in [0.1, 0.15) is 5.75 Å². The van der Waals surface area contributed by atoms with Crippen molar-refractivity contribution in [3.8, 4) is 11.4 Å². The standard InChI is InChI=1S/C34H34N6O5/c1-23(8-5-6-16-38-22-26(15-17-41)36-37-38)34(44)30-19-28(45-2)13-14-31(30)39(33(34)43)21-24-9-7-11-27(18-24)40-32(42)29-12-4-3-10-25(29)20-35-40/h3-5,7-14,18-20,22-23,41,44H,6,15-17,21H2,1-2H3/b8-5+/t23-,34+/m1/s1. The molecule has 0 aliphatic carbocycles. The molecule has 1 aliphatic rings. The fourth-order valence-electron chi connectivity index (χ4n) is 5.78. The van der Waals surface area contributed by atoms with Gasteiger partial charge in [-0.1, -0.05) is 54.6 Å². The molecule has 11 heteroatoms. The van der Waals surface area contributed by atoms with Crippen molar-refractivity contribution in [2.45, 2.75) is 38.5 Å². The third kappa shape index (κ3) is 5.63. The van der Waals surface area contributed by atoms with Crippen LogP contribution in [-0.4, -0.2) is 54.6 Å². The predicted octanol–water partition coefficient (Wildman–Crippen LogP) is 3.54. The molecule has 0 radical (unpaired) electrons. The van der Waals surface area contributed by atoms with E-state index >= 15 is 0 Å². The number of anilines is 1. The molecular formula is C34H34N6O5. The van der Waals surface area contributed by atoms with Crippen molar-refractivity contribution in [1.82, 2.24) is 24.8 Å². The van der Waals surface area contributed by atoms with E-state index in [0.717, 1.165) is 16.6 Å². The number of methoxy groups -OCH3 is 1. The Morgan fingerprint density at radius 2 is 1.91 bits per heavy atom. The number of aromatic nitrogens is 5. The first-order valence-electron chi connectivity index (χ1n) is 14.8. The third-order valence-electron chi connectivity index (χ3n) is 8.23. The van der Waals surface area contributed by atoms with E-state index in [4.69, 9.17) is 9.84 Å². The van der Waals surface area contributed by atoms with Gasteiger partial charge in [0.15, 0.2) is 5.60 Å². The van der Waals surface area contributed by atoms with E-state index in [-0.39, 0.29) is 18.7 Å². The van der Waals surface area contributed by atoms with Crippen molar-refractivity contribution >= 4 is 22.4 Å². The molecule has 2 aromatic heterocycles. The Morgan fingerprint density at radius 3 is 2.73 bits per heavy atom. The molecule has 11 nitrogen and oxygen atoms in total. The van der Waals surface area contributed by atoms with Crippen LogP contribution in [0.25, 0.3) is 16.5 Å².